The van der Waals surface area contributed by atoms with E-state index < -0.39 is 6.17 Å². The summed E-state index contributed by atoms with van der Waals surface area (Å²) in [5.41, 5.74) is 0. The van der Waals surface area contributed by atoms with Gasteiger partial charge in [-0.3, -0.25) is 4.79 Å². The predicted molar refractivity (Wildman–Crippen MR) is 103 cm³/mol. The van der Waals surface area contributed by atoms with E-state index in [-0.39, 0.29) is 11.8 Å². The molecular formula is C19H24FN5O2S. The minimum atomic E-state index is -1.28. The molecule has 0 radical (unpaired) electrons. The standard InChI is InChI=1S/C19H24FN5O2S/c1-11(20)16-22-23-17(27-16)15-8-21-19(28-15)24-9-13-7-14(10-24)25(13)18(26)12-5-3-2-4-6-12/h8,11-14H,2-7,9-10H2,1H3. The third-order valence-electron chi connectivity index (χ3n) is 6.16. The minimum Gasteiger partial charge on any atom is -0.417 e. The Bertz CT molecular complexity index is 850. The summed E-state index contributed by atoms with van der Waals surface area (Å²) < 4.78 is 18.7. The molecule has 3 aliphatic heterocycles. The number of aromatic nitrogens is 3. The van der Waals surface area contributed by atoms with Crippen molar-refractivity contribution in [2.75, 3.05) is 18.0 Å². The number of anilines is 1. The van der Waals surface area contributed by atoms with Crippen molar-refractivity contribution in [1.29, 1.82) is 0 Å². The minimum absolute atomic E-state index is 0.0129. The molecule has 4 aliphatic rings. The number of hydrogen-bond acceptors (Lipinski definition) is 7. The fourth-order valence-corrected chi connectivity index (χ4v) is 5.55. The van der Waals surface area contributed by atoms with Crippen molar-refractivity contribution >= 4 is 22.4 Å². The van der Waals surface area contributed by atoms with Crippen LogP contribution in [0.25, 0.3) is 10.8 Å². The monoisotopic (exact) mass is 405 g/mol. The maximum atomic E-state index is 13.3. The average Bonchev–Trinajstić information content (AvgIpc) is 3.38. The summed E-state index contributed by atoms with van der Waals surface area (Å²) in [4.78, 5) is 22.6. The second-order valence-corrected chi connectivity index (χ2v) is 9.11. The lowest BCUT2D eigenvalue weighted by Crippen LogP contribution is -2.71. The molecule has 1 aliphatic carbocycles. The van der Waals surface area contributed by atoms with Crippen LogP contribution in [0.4, 0.5) is 9.52 Å². The molecule has 1 saturated carbocycles. The third-order valence-corrected chi connectivity index (χ3v) is 7.20. The number of thiazole rings is 1. The van der Waals surface area contributed by atoms with Gasteiger partial charge in [-0.1, -0.05) is 30.6 Å². The van der Waals surface area contributed by atoms with Crippen molar-refractivity contribution in [2.45, 2.75) is 63.7 Å². The van der Waals surface area contributed by atoms with Crippen molar-refractivity contribution in [1.82, 2.24) is 20.1 Å². The van der Waals surface area contributed by atoms with Gasteiger partial charge in [-0.15, -0.1) is 10.2 Å². The number of nitrogens with zero attached hydrogens (tertiary/aromatic N) is 5. The fourth-order valence-electron chi connectivity index (χ4n) is 4.69. The number of carbonyl (C=O) groups is 1. The molecule has 150 valence electrons. The van der Waals surface area contributed by atoms with Gasteiger partial charge in [0.15, 0.2) is 11.3 Å². The van der Waals surface area contributed by atoms with Gasteiger partial charge < -0.3 is 14.2 Å². The number of alkyl halides is 1. The van der Waals surface area contributed by atoms with Crippen LogP contribution in [0.5, 0.6) is 0 Å². The van der Waals surface area contributed by atoms with Crippen molar-refractivity contribution in [3.8, 4) is 10.8 Å². The zero-order chi connectivity index (χ0) is 19.3. The molecule has 1 amide bonds. The van der Waals surface area contributed by atoms with Crippen LogP contribution in [0, 0.1) is 5.92 Å². The highest BCUT2D eigenvalue weighted by Gasteiger charge is 2.49. The summed E-state index contributed by atoms with van der Waals surface area (Å²) in [6.45, 7) is 3.01. The Morgan fingerprint density at radius 2 is 2.00 bits per heavy atom. The largest absolute Gasteiger partial charge is 0.417 e. The normalized spacial score (nSPS) is 26.2. The van der Waals surface area contributed by atoms with E-state index in [1.165, 1.54) is 37.5 Å². The van der Waals surface area contributed by atoms with Gasteiger partial charge in [0.2, 0.25) is 5.91 Å². The van der Waals surface area contributed by atoms with E-state index in [9.17, 15) is 9.18 Å². The topological polar surface area (TPSA) is 75.4 Å². The van der Waals surface area contributed by atoms with E-state index in [2.05, 4.69) is 25.0 Å². The number of hydrogen-bond donors (Lipinski definition) is 0. The smallest absolute Gasteiger partial charge is 0.259 e. The summed E-state index contributed by atoms with van der Waals surface area (Å²) in [5.74, 6) is 0.904. The number of piperidine rings is 1. The second-order valence-electron chi connectivity index (χ2n) is 8.10. The molecule has 4 fully saturated rings. The molecule has 2 aromatic heterocycles. The maximum Gasteiger partial charge on any atom is 0.259 e. The zero-order valence-electron chi connectivity index (χ0n) is 15.9. The summed E-state index contributed by atoms with van der Waals surface area (Å²) in [7, 11) is 0. The van der Waals surface area contributed by atoms with Crippen molar-refractivity contribution in [2.24, 2.45) is 5.92 Å². The van der Waals surface area contributed by atoms with Crippen molar-refractivity contribution in [3.05, 3.63) is 12.1 Å². The Hall–Kier alpha value is -2.03. The zero-order valence-corrected chi connectivity index (χ0v) is 16.7. The molecular weight excluding hydrogens is 381 g/mol. The molecule has 3 atom stereocenters. The van der Waals surface area contributed by atoms with Gasteiger partial charge in [-0.2, -0.15) is 0 Å². The highest BCUT2D eigenvalue weighted by molar-refractivity contribution is 7.18. The lowest BCUT2D eigenvalue weighted by atomic mass is 9.82. The van der Waals surface area contributed by atoms with Crippen LogP contribution in [-0.4, -0.2) is 51.2 Å². The maximum absolute atomic E-state index is 13.3. The molecule has 0 spiro atoms. The molecule has 6 rings (SSSR count). The van der Waals surface area contributed by atoms with E-state index in [4.69, 9.17) is 4.42 Å². The number of amides is 1. The first-order chi connectivity index (χ1) is 13.6. The number of carbonyl (C=O) groups excluding carboxylic acids is 1. The van der Waals surface area contributed by atoms with E-state index in [1.807, 2.05) is 0 Å². The molecule has 9 heteroatoms. The highest BCUT2D eigenvalue weighted by atomic mass is 32.1. The van der Waals surface area contributed by atoms with Crippen LogP contribution in [0.3, 0.4) is 0 Å². The van der Waals surface area contributed by atoms with Gasteiger partial charge in [0.25, 0.3) is 11.8 Å². The number of fused-ring (bicyclic) bond motifs is 2. The molecule has 7 nitrogen and oxygen atoms in total. The van der Waals surface area contributed by atoms with Crippen molar-refractivity contribution in [3.63, 3.8) is 0 Å². The van der Waals surface area contributed by atoms with Gasteiger partial charge in [0, 0.05) is 19.0 Å². The van der Waals surface area contributed by atoms with Crippen LogP contribution in [0.2, 0.25) is 0 Å². The van der Waals surface area contributed by atoms with Crippen LogP contribution < -0.4 is 4.90 Å². The van der Waals surface area contributed by atoms with Crippen LogP contribution in [-0.2, 0) is 4.79 Å². The molecule has 2 bridgehead atoms. The van der Waals surface area contributed by atoms with Crippen LogP contribution >= 0.6 is 11.3 Å². The van der Waals surface area contributed by atoms with Crippen LogP contribution in [0.1, 0.15) is 57.5 Å². The molecule has 5 heterocycles. The first kappa shape index (κ1) is 18.0. The van der Waals surface area contributed by atoms with Gasteiger partial charge in [0.1, 0.15) is 4.88 Å². The summed E-state index contributed by atoms with van der Waals surface area (Å²) in [6.07, 6.45) is 7.26. The Labute approximate surface area is 166 Å². The molecule has 28 heavy (non-hydrogen) atoms. The van der Waals surface area contributed by atoms with Gasteiger partial charge in [-0.05, 0) is 26.2 Å². The first-order valence-corrected chi connectivity index (χ1v) is 10.9. The first-order valence-electron chi connectivity index (χ1n) is 10.1. The quantitative estimate of drug-likeness (QED) is 0.774. The van der Waals surface area contributed by atoms with E-state index in [0.717, 1.165) is 42.4 Å². The lowest BCUT2D eigenvalue weighted by molar-refractivity contribution is -0.151. The number of rotatable bonds is 4. The van der Waals surface area contributed by atoms with Crippen LogP contribution in [0.15, 0.2) is 10.6 Å². The Morgan fingerprint density at radius 3 is 2.68 bits per heavy atom. The average molecular weight is 405 g/mol. The Morgan fingerprint density at radius 1 is 1.25 bits per heavy atom. The molecule has 2 aromatic rings. The molecule has 3 unspecified atom stereocenters. The lowest BCUT2D eigenvalue weighted by Gasteiger charge is -2.57. The summed E-state index contributed by atoms with van der Waals surface area (Å²) >= 11 is 1.47. The summed E-state index contributed by atoms with van der Waals surface area (Å²) in [5, 5.41) is 8.55. The Balaban J connectivity index is 1.25. The van der Waals surface area contributed by atoms with E-state index in [0.29, 0.717) is 23.9 Å². The molecule has 3 saturated heterocycles. The van der Waals surface area contributed by atoms with Crippen molar-refractivity contribution < 1.29 is 13.6 Å². The van der Waals surface area contributed by atoms with Gasteiger partial charge in [0.05, 0.1) is 18.3 Å². The van der Waals surface area contributed by atoms with Gasteiger partial charge in [-0.25, -0.2) is 9.37 Å². The SMILES string of the molecule is CC(F)c1nnc(-c2cnc(N3CC4CC(C3)N4C(=O)C3CCCCC3)s2)o1. The molecule has 0 N–H and O–H groups in total. The van der Waals surface area contributed by atoms with Gasteiger partial charge >= 0.3 is 0 Å². The fraction of sp³-hybridized carbons (Fsp3) is 0.684. The van der Waals surface area contributed by atoms with E-state index >= 15 is 0 Å². The molecule has 0 aromatic carbocycles. The van der Waals surface area contributed by atoms with E-state index in [1.54, 1.807) is 6.20 Å². The predicted octanol–water partition coefficient (Wildman–Crippen LogP) is 3.59. The third kappa shape index (κ3) is 3.09. The number of piperazine rings is 1. The second kappa shape index (κ2) is 7.09. The Kier molecular flexibility index (Phi) is 4.57. The summed E-state index contributed by atoms with van der Waals surface area (Å²) in [6, 6.07) is 0.589. The highest BCUT2D eigenvalue weighted by Crippen LogP contribution is 2.40. The number of halogens is 1.